The first kappa shape index (κ1) is 17.0. The summed E-state index contributed by atoms with van der Waals surface area (Å²) in [5.41, 5.74) is 1.24. The molecule has 2 amide bonds. The number of nitrogens with one attached hydrogen (secondary N) is 1. The molecule has 3 rings (SSSR count). The molecule has 25 heavy (non-hydrogen) atoms. The van der Waals surface area contributed by atoms with E-state index >= 15 is 0 Å². The number of fused-ring (bicyclic) bond motifs is 1. The summed E-state index contributed by atoms with van der Waals surface area (Å²) in [7, 11) is 0. The van der Waals surface area contributed by atoms with Gasteiger partial charge in [0, 0.05) is 5.56 Å². The molecule has 1 aliphatic heterocycles. The minimum absolute atomic E-state index is 0.215. The van der Waals surface area contributed by atoms with Crippen LogP contribution in [-0.2, 0) is 9.59 Å². The summed E-state index contributed by atoms with van der Waals surface area (Å²) in [5.74, 6) is -0.314. The van der Waals surface area contributed by atoms with Crippen molar-refractivity contribution in [1.29, 1.82) is 0 Å². The van der Waals surface area contributed by atoms with Crippen LogP contribution in [0.3, 0.4) is 0 Å². The number of halogens is 1. The molecule has 0 bridgehead atoms. The second-order valence-corrected chi connectivity index (χ2v) is 5.96. The highest BCUT2D eigenvalue weighted by Crippen LogP contribution is 2.34. The van der Waals surface area contributed by atoms with E-state index in [1.807, 2.05) is 0 Å². The largest absolute Gasteiger partial charge is 0.479 e. The first-order chi connectivity index (χ1) is 12.0. The Balaban J connectivity index is 1.86. The lowest BCUT2D eigenvalue weighted by Crippen LogP contribution is -2.47. The summed E-state index contributed by atoms with van der Waals surface area (Å²) in [6.45, 7) is 1.39. The van der Waals surface area contributed by atoms with Gasteiger partial charge in [-0.05, 0) is 37.3 Å². The Kier molecular flexibility index (Phi) is 4.72. The molecule has 0 fully saturated rings. The average Bonchev–Trinajstić information content (AvgIpc) is 2.60. The van der Waals surface area contributed by atoms with Crippen LogP contribution in [0.5, 0.6) is 5.75 Å². The predicted octanol–water partition coefficient (Wildman–Crippen LogP) is 2.91. The van der Waals surface area contributed by atoms with Crippen molar-refractivity contribution in [3.05, 3.63) is 53.1 Å². The molecule has 2 aromatic rings. The molecule has 1 N–H and O–H groups in total. The smallest absolute Gasteiger partial charge is 0.268 e. The van der Waals surface area contributed by atoms with E-state index in [1.165, 1.54) is 11.0 Å². The zero-order valence-electron chi connectivity index (χ0n) is 13.4. The number of hydrogen-bond acceptors (Lipinski definition) is 4. The molecule has 6 nitrogen and oxygen atoms in total. The fourth-order valence-electron chi connectivity index (χ4n) is 2.56. The predicted molar refractivity (Wildman–Crippen MR) is 94.4 cm³/mol. The summed E-state index contributed by atoms with van der Waals surface area (Å²) in [5, 5.41) is 3.08. The Hall–Kier alpha value is -2.86. The summed E-state index contributed by atoms with van der Waals surface area (Å²) in [6.07, 6.45) is -0.0483. The van der Waals surface area contributed by atoms with Crippen molar-refractivity contribution in [2.75, 3.05) is 16.8 Å². The third-order valence-corrected chi connectivity index (χ3v) is 4.11. The maximum Gasteiger partial charge on any atom is 0.268 e. The second kappa shape index (κ2) is 6.94. The number of nitrogens with zero attached hydrogens (tertiary/aromatic N) is 1. The lowest BCUT2D eigenvalue weighted by molar-refractivity contribution is -0.127. The fourth-order valence-corrected chi connectivity index (χ4v) is 2.74. The molecule has 0 spiro atoms. The number of carbonyl (C=O) groups excluding carboxylic acids is 3. The van der Waals surface area contributed by atoms with E-state index in [1.54, 1.807) is 43.3 Å². The maximum atomic E-state index is 12.4. The van der Waals surface area contributed by atoms with Gasteiger partial charge in [0.25, 0.3) is 5.91 Å². The van der Waals surface area contributed by atoms with Crippen LogP contribution < -0.4 is 15.0 Å². The Morgan fingerprint density at radius 3 is 2.80 bits per heavy atom. The van der Waals surface area contributed by atoms with Crippen molar-refractivity contribution < 1.29 is 19.1 Å². The summed E-state index contributed by atoms with van der Waals surface area (Å²) < 4.78 is 5.53. The Morgan fingerprint density at radius 1 is 1.32 bits per heavy atom. The number of carbonyl (C=O) groups is 3. The number of ether oxygens (including phenoxy) is 1. The van der Waals surface area contributed by atoms with Crippen LogP contribution in [0.1, 0.15) is 17.3 Å². The molecule has 128 valence electrons. The van der Waals surface area contributed by atoms with E-state index in [9.17, 15) is 14.4 Å². The second-order valence-electron chi connectivity index (χ2n) is 5.56. The highest BCUT2D eigenvalue weighted by molar-refractivity contribution is 6.33. The molecule has 0 aliphatic carbocycles. The third kappa shape index (κ3) is 3.49. The van der Waals surface area contributed by atoms with Gasteiger partial charge < -0.3 is 10.1 Å². The van der Waals surface area contributed by atoms with E-state index in [0.29, 0.717) is 34.0 Å². The number of para-hydroxylation sites is 1. The number of rotatable bonds is 4. The zero-order chi connectivity index (χ0) is 18.0. The lowest BCUT2D eigenvalue weighted by Gasteiger charge is -2.32. The topological polar surface area (TPSA) is 75.7 Å². The van der Waals surface area contributed by atoms with Gasteiger partial charge in [-0.2, -0.15) is 0 Å². The minimum atomic E-state index is -0.720. The number of hydrogen-bond donors (Lipinski definition) is 1. The van der Waals surface area contributed by atoms with Gasteiger partial charge in [-0.3, -0.25) is 19.3 Å². The van der Waals surface area contributed by atoms with Gasteiger partial charge in [0.05, 0.1) is 16.4 Å². The molecule has 7 heteroatoms. The maximum absolute atomic E-state index is 12.4. The van der Waals surface area contributed by atoms with Gasteiger partial charge >= 0.3 is 0 Å². The van der Waals surface area contributed by atoms with Crippen molar-refractivity contribution in [2.24, 2.45) is 0 Å². The average molecular weight is 359 g/mol. The molecule has 0 saturated carbocycles. The van der Waals surface area contributed by atoms with E-state index < -0.39 is 12.0 Å². The lowest BCUT2D eigenvalue weighted by atomic mass is 10.1. The molecule has 0 saturated heterocycles. The van der Waals surface area contributed by atoms with Crippen molar-refractivity contribution >= 4 is 41.1 Å². The standard InChI is InChI=1S/C18H15ClN2O4/c1-11-18(24)21(15-8-12(10-22)6-7-16(15)25-11)9-17(23)20-14-5-3-2-4-13(14)19/h2-8,10-11H,9H2,1H3,(H,20,23). The van der Waals surface area contributed by atoms with Crippen molar-refractivity contribution in [2.45, 2.75) is 13.0 Å². The summed E-state index contributed by atoms with van der Waals surface area (Å²) in [6, 6.07) is 11.6. The van der Waals surface area contributed by atoms with Crippen molar-refractivity contribution in [1.82, 2.24) is 0 Å². The highest BCUT2D eigenvalue weighted by atomic mass is 35.5. The summed E-state index contributed by atoms with van der Waals surface area (Å²) >= 11 is 6.03. The van der Waals surface area contributed by atoms with Crippen LogP contribution in [0.15, 0.2) is 42.5 Å². The monoisotopic (exact) mass is 358 g/mol. The van der Waals surface area contributed by atoms with Crippen LogP contribution in [0.4, 0.5) is 11.4 Å². The van der Waals surface area contributed by atoms with E-state index in [0.717, 1.165) is 0 Å². The van der Waals surface area contributed by atoms with Gasteiger partial charge in [-0.15, -0.1) is 0 Å². The molecule has 2 aromatic carbocycles. The molecule has 1 aliphatic rings. The van der Waals surface area contributed by atoms with Crippen molar-refractivity contribution in [3.63, 3.8) is 0 Å². The molecule has 0 radical (unpaired) electrons. The Labute approximate surface area is 149 Å². The van der Waals surface area contributed by atoms with Gasteiger partial charge in [0.15, 0.2) is 6.10 Å². The first-order valence-electron chi connectivity index (χ1n) is 7.61. The molecule has 0 aromatic heterocycles. The molecular formula is C18H15ClN2O4. The quantitative estimate of drug-likeness (QED) is 0.853. The van der Waals surface area contributed by atoms with Gasteiger partial charge in [0.1, 0.15) is 18.6 Å². The van der Waals surface area contributed by atoms with E-state index in [-0.39, 0.29) is 12.5 Å². The SMILES string of the molecule is CC1Oc2ccc(C=O)cc2N(CC(=O)Nc2ccccc2Cl)C1=O. The van der Waals surface area contributed by atoms with Gasteiger partial charge in [0.2, 0.25) is 5.91 Å². The zero-order valence-corrected chi connectivity index (χ0v) is 14.1. The molecule has 1 unspecified atom stereocenters. The number of benzene rings is 2. The van der Waals surface area contributed by atoms with E-state index in [2.05, 4.69) is 5.32 Å². The minimum Gasteiger partial charge on any atom is -0.479 e. The molecule has 1 heterocycles. The van der Waals surface area contributed by atoms with Crippen LogP contribution in [0.2, 0.25) is 5.02 Å². The van der Waals surface area contributed by atoms with E-state index in [4.69, 9.17) is 16.3 Å². The number of amides is 2. The molecular weight excluding hydrogens is 344 g/mol. The number of aldehydes is 1. The first-order valence-corrected chi connectivity index (χ1v) is 7.99. The van der Waals surface area contributed by atoms with Crippen LogP contribution in [0.25, 0.3) is 0 Å². The van der Waals surface area contributed by atoms with Gasteiger partial charge in [-0.25, -0.2) is 0 Å². The molecule has 1 atom stereocenters. The van der Waals surface area contributed by atoms with Gasteiger partial charge in [-0.1, -0.05) is 23.7 Å². The van der Waals surface area contributed by atoms with Crippen LogP contribution >= 0.6 is 11.6 Å². The fraction of sp³-hybridized carbons (Fsp3) is 0.167. The van der Waals surface area contributed by atoms with Crippen LogP contribution in [-0.4, -0.2) is 30.7 Å². The normalized spacial score (nSPS) is 16.0. The van der Waals surface area contributed by atoms with Crippen molar-refractivity contribution in [3.8, 4) is 5.75 Å². The number of anilines is 2. The Bertz CT molecular complexity index is 853. The van der Waals surface area contributed by atoms with Crippen LogP contribution in [0, 0.1) is 0 Å². The highest BCUT2D eigenvalue weighted by Gasteiger charge is 2.33. The Morgan fingerprint density at radius 2 is 2.08 bits per heavy atom. The summed E-state index contributed by atoms with van der Waals surface area (Å²) in [4.78, 5) is 37.1. The third-order valence-electron chi connectivity index (χ3n) is 3.78.